The molecule has 7 nitrogen and oxygen atoms in total. The van der Waals surface area contributed by atoms with E-state index in [1.54, 1.807) is 11.6 Å². The number of hydrogen-bond donors (Lipinski definition) is 0. The molecule has 0 unspecified atom stereocenters. The number of thiazole rings is 1. The number of rotatable bonds is 4. The minimum atomic E-state index is -0.106. The molecule has 1 aromatic carbocycles. The third-order valence-corrected chi connectivity index (χ3v) is 7.51. The summed E-state index contributed by atoms with van der Waals surface area (Å²) in [6.45, 7) is 4.02. The maximum atomic E-state index is 13.3. The van der Waals surface area contributed by atoms with Crippen LogP contribution in [0.1, 0.15) is 48.6 Å². The number of nitrogens with zero attached hydrogens (tertiary/aromatic N) is 5. The Morgan fingerprint density at radius 3 is 2.87 bits per heavy atom. The highest BCUT2D eigenvalue weighted by atomic mass is 32.1. The zero-order valence-corrected chi connectivity index (χ0v) is 18.8. The molecule has 0 bridgehead atoms. The second kappa shape index (κ2) is 8.07. The van der Waals surface area contributed by atoms with Gasteiger partial charge in [-0.2, -0.15) is 0 Å². The van der Waals surface area contributed by atoms with Gasteiger partial charge in [0.15, 0.2) is 10.3 Å². The summed E-state index contributed by atoms with van der Waals surface area (Å²) in [6, 6.07) is 8.31. The SMILES string of the molecule is CCc1nc2sc([C@H]3CCCN3C(=O)CN3CCCc4ccccc43)nc2c(=O)n1C. The zero-order valence-electron chi connectivity index (χ0n) is 18.0. The highest BCUT2D eigenvalue weighted by Crippen LogP contribution is 2.36. The fourth-order valence-corrected chi connectivity index (χ4v) is 5.92. The number of fused-ring (bicyclic) bond motifs is 2. The molecule has 31 heavy (non-hydrogen) atoms. The van der Waals surface area contributed by atoms with Gasteiger partial charge in [0, 0.05) is 32.2 Å². The lowest BCUT2D eigenvalue weighted by Crippen LogP contribution is -2.42. The van der Waals surface area contributed by atoms with Gasteiger partial charge in [0.25, 0.3) is 5.56 Å². The van der Waals surface area contributed by atoms with E-state index in [0.29, 0.717) is 23.3 Å². The molecule has 2 aromatic heterocycles. The van der Waals surface area contributed by atoms with Crippen LogP contribution in [0, 0.1) is 0 Å². The summed E-state index contributed by atoms with van der Waals surface area (Å²) in [5.74, 6) is 0.893. The molecule has 0 N–H and O–H groups in total. The number of anilines is 1. The molecule has 2 aliphatic heterocycles. The average molecular weight is 438 g/mol. The fraction of sp³-hybridized carbons (Fsp3) is 0.478. The molecule has 8 heteroatoms. The van der Waals surface area contributed by atoms with Gasteiger partial charge in [0.1, 0.15) is 10.8 Å². The van der Waals surface area contributed by atoms with Gasteiger partial charge in [-0.1, -0.05) is 36.5 Å². The average Bonchev–Trinajstić information content (AvgIpc) is 3.43. The van der Waals surface area contributed by atoms with Crippen LogP contribution in [0.15, 0.2) is 29.1 Å². The number of carbonyl (C=O) groups is 1. The molecule has 5 rings (SSSR count). The van der Waals surface area contributed by atoms with Crippen LogP contribution in [0.2, 0.25) is 0 Å². The highest BCUT2D eigenvalue weighted by molar-refractivity contribution is 7.18. The molecule has 1 fully saturated rings. The van der Waals surface area contributed by atoms with Crippen molar-refractivity contribution in [1.82, 2.24) is 19.4 Å². The molecule has 162 valence electrons. The van der Waals surface area contributed by atoms with Crippen LogP contribution in [-0.2, 0) is 24.7 Å². The van der Waals surface area contributed by atoms with Crippen molar-refractivity contribution in [2.24, 2.45) is 7.05 Å². The summed E-state index contributed by atoms with van der Waals surface area (Å²) in [6.07, 6.45) is 4.67. The van der Waals surface area contributed by atoms with Gasteiger partial charge >= 0.3 is 0 Å². The van der Waals surface area contributed by atoms with Crippen molar-refractivity contribution in [3.05, 3.63) is 51.0 Å². The Hall–Kier alpha value is -2.74. The van der Waals surface area contributed by atoms with Crippen LogP contribution in [-0.4, -0.2) is 45.0 Å². The molecule has 3 aromatic rings. The number of carbonyl (C=O) groups excluding carboxylic acids is 1. The van der Waals surface area contributed by atoms with Crippen molar-refractivity contribution in [3.8, 4) is 0 Å². The van der Waals surface area contributed by atoms with Crippen molar-refractivity contribution in [2.45, 2.75) is 45.1 Å². The lowest BCUT2D eigenvalue weighted by molar-refractivity contribution is -0.130. The van der Waals surface area contributed by atoms with Crippen molar-refractivity contribution in [2.75, 3.05) is 24.5 Å². The van der Waals surface area contributed by atoms with Gasteiger partial charge < -0.3 is 9.80 Å². The van der Waals surface area contributed by atoms with E-state index < -0.39 is 0 Å². The summed E-state index contributed by atoms with van der Waals surface area (Å²) >= 11 is 1.46. The van der Waals surface area contributed by atoms with Crippen molar-refractivity contribution in [3.63, 3.8) is 0 Å². The molecule has 4 heterocycles. The monoisotopic (exact) mass is 437 g/mol. The minimum Gasteiger partial charge on any atom is -0.362 e. The summed E-state index contributed by atoms with van der Waals surface area (Å²) in [5.41, 5.74) is 2.81. The Balaban J connectivity index is 1.41. The van der Waals surface area contributed by atoms with Crippen LogP contribution in [0.5, 0.6) is 0 Å². The van der Waals surface area contributed by atoms with Crippen molar-refractivity contribution >= 4 is 33.3 Å². The topological polar surface area (TPSA) is 71.3 Å². The quantitative estimate of drug-likeness (QED) is 0.627. The van der Waals surface area contributed by atoms with Crippen LogP contribution in [0.4, 0.5) is 5.69 Å². The first-order valence-corrected chi connectivity index (χ1v) is 11.9. The molecule has 1 saturated heterocycles. The van der Waals surface area contributed by atoms with Gasteiger partial charge in [-0.15, -0.1) is 0 Å². The number of hydrogen-bond acceptors (Lipinski definition) is 6. The zero-order chi connectivity index (χ0) is 21.5. The summed E-state index contributed by atoms with van der Waals surface area (Å²) in [5, 5.41) is 0.831. The Kier molecular flexibility index (Phi) is 5.25. The third kappa shape index (κ3) is 3.52. The molecule has 1 amide bonds. The number of para-hydroxylation sites is 1. The Morgan fingerprint density at radius 1 is 1.19 bits per heavy atom. The molecule has 0 spiro atoms. The number of aryl methyl sites for hydroxylation is 2. The maximum Gasteiger partial charge on any atom is 0.280 e. The first-order valence-electron chi connectivity index (χ1n) is 11.1. The summed E-state index contributed by atoms with van der Waals surface area (Å²) in [7, 11) is 1.74. The van der Waals surface area contributed by atoms with Crippen LogP contribution >= 0.6 is 11.3 Å². The first kappa shape index (κ1) is 20.2. The summed E-state index contributed by atoms with van der Waals surface area (Å²) in [4.78, 5) is 40.2. The standard InChI is InChI=1S/C23H27N5O2S/c1-3-18-24-22-20(23(30)26(18)2)25-21(31-22)17-11-7-13-28(17)19(29)14-27-12-6-9-15-8-4-5-10-16(15)27/h4-5,8,10,17H,3,6-7,9,11-14H2,1-2H3/t17-/m1/s1. The second-order valence-corrected chi connectivity index (χ2v) is 9.36. The fourth-order valence-electron chi connectivity index (χ4n) is 4.82. The number of aromatic nitrogens is 3. The van der Waals surface area contributed by atoms with E-state index in [-0.39, 0.29) is 17.5 Å². The predicted octanol–water partition coefficient (Wildman–Crippen LogP) is 3.07. The molecule has 1 atom stereocenters. The van der Waals surface area contributed by atoms with Gasteiger partial charge in [-0.05, 0) is 37.3 Å². The Bertz CT molecular complexity index is 1200. The van der Waals surface area contributed by atoms with Gasteiger partial charge in [-0.25, -0.2) is 9.97 Å². The van der Waals surface area contributed by atoms with E-state index in [9.17, 15) is 9.59 Å². The van der Waals surface area contributed by atoms with Gasteiger partial charge in [0.2, 0.25) is 5.91 Å². The van der Waals surface area contributed by atoms with Crippen molar-refractivity contribution < 1.29 is 4.79 Å². The molecule has 0 radical (unpaired) electrons. The van der Waals surface area contributed by atoms with E-state index in [2.05, 4.69) is 33.1 Å². The number of likely N-dealkylation sites (tertiary alicyclic amines) is 1. The molecule has 0 saturated carbocycles. The smallest absolute Gasteiger partial charge is 0.280 e. The van der Waals surface area contributed by atoms with E-state index in [4.69, 9.17) is 0 Å². The predicted molar refractivity (Wildman–Crippen MR) is 123 cm³/mol. The largest absolute Gasteiger partial charge is 0.362 e. The molecular weight excluding hydrogens is 410 g/mol. The second-order valence-electron chi connectivity index (χ2n) is 8.35. The minimum absolute atomic E-state index is 0.0680. The number of benzene rings is 1. The van der Waals surface area contributed by atoms with E-state index in [1.165, 1.54) is 22.6 Å². The first-order chi connectivity index (χ1) is 15.1. The van der Waals surface area contributed by atoms with Crippen LogP contribution in [0.25, 0.3) is 10.3 Å². The molecule has 2 aliphatic rings. The normalized spacial score (nSPS) is 18.6. The molecule has 0 aliphatic carbocycles. The van der Waals surface area contributed by atoms with Gasteiger partial charge in [0.05, 0.1) is 12.6 Å². The third-order valence-electron chi connectivity index (χ3n) is 6.46. The van der Waals surface area contributed by atoms with E-state index in [0.717, 1.165) is 49.6 Å². The Labute approximate surface area is 185 Å². The highest BCUT2D eigenvalue weighted by Gasteiger charge is 2.34. The molecular formula is C23H27N5O2S. The van der Waals surface area contributed by atoms with Crippen LogP contribution in [0.3, 0.4) is 0 Å². The lowest BCUT2D eigenvalue weighted by Gasteiger charge is -2.33. The Morgan fingerprint density at radius 2 is 2.03 bits per heavy atom. The number of amides is 1. The van der Waals surface area contributed by atoms with E-state index >= 15 is 0 Å². The van der Waals surface area contributed by atoms with Crippen LogP contribution < -0.4 is 10.5 Å². The van der Waals surface area contributed by atoms with Crippen molar-refractivity contribution in [1.29, 1.82) is 0 Å². The maximum absolute atomic E-state index is 13.3. The lowest BCUT2D eigenvalue weighted by atomic mass is 10.0. The van der Waals surface area contributed by atoms with E-state index in [1.807, 2.05) is 17.9 Å². The van der Waals surface area contributed by atoms with Gasteiger partial charge in [-0.3, -0.25) is 14.2 Å². The summed E-state index contributed by atoms with van der Waals surface area (Å²) < 4.78 is 1.58.